The van der Waals surface area contributed by atoms with E-state index >= 15 is 0 Å². The van der Waals surface area contributed by atoms with Gasteiger partial charge in [0, 0.05) is 6.20 Å². The van der Waals surface area contributed by atoms with E-state index in [4.69, 9.17) is 16.3 Å². The van der Waals surface area contributed by atoms with Crippen LogP contribution in [-0.2, 0) is 14.3 Å². The molecular weight excluding hydrogens is 328 g/mol. The number of nitrogens with one attached hydrogen (secondary N) is 1. The molecule has 1 aromatic heterocycles. The molecule has 1 N–H and O–H groups in total. The summed E-state index contributed by atoms with van der Waals surface area (Å²) in [6.45, 7) is 3.46. The molecule has 0 saturated heterocycles. The molecule has 6 heteroatoms. The van der Waals surface area contributed by atoms with E-state index in [9.17, 15) is 9.59 Å². The van der Waals surface area contributed by atoms with Gasteiger partial charge in [0.25, 0.3) is 5.91 Å². The lowest BCUT2D eigenvalue weighted by molar-refractivity contribution is -0.153. The first-order valence-corrected chi connectivity index (χ1v) is 8.01. The summed E-state index contributed by atoms with van der Waals surface area (Å²) in [4.78, 5) is 28.0. The van der Waals surface area contributed by atoms with E-state index in [2.05, 4.69) is 10.3 Å². The second-order valence-corrected chi connectivity index (χ2v) is 5.84. The van der Waals surface area contributed by atoms with Crippen LogP contribution in [-0.4, -0.2) is 23.0 Å². The average Bonchev–Trinajstić information content (AvgIpc) is 2.57. The largest absolute Gasteiger partial charge is 0.453 e. The maximum atomic E-state index is 12.1. The second kappa shape index (κ2) is 8.45. The molecule has 0 unspecified atom stereocenters. The Labute approximate surface area is 146 Å². The lowest BCUT2D eigenvalue weighted by Crippen LogP contribution is -2.30. The molecule has 5 nitrogen and oxygen atoms in total. The van der Waals surface area contributed by atoms with Gasteiger partial charge in [-0.05, 0) is 30.5 Å². The SMILES string of the molecule is C[C@H](CC(=O)O[C@H](C)C(=O)Nc1cccnc1Cl)c1ccccc1. The number of aromatic nitrogens is 1. The Balaban J connectivity index is 1.87. The van der Waals surface area contributed by atoms with Crippen molar-refractivity contribution in [2.45, 2.75) is 32.3 Å². The van der Waals surface area contributed by atoms with Crippen LogP contribution in [0.4, 0.5) is 5.69 Å². The number of carbonyl (C=O) groups is 2. The van der Waals surface area contributed by atoms with Gasteiger partial charge in [-0.2, -0.15) is 0 Å². The number of rotatable bonds is 6. The van der Waals surface area contributed by atoms with Crippen LogP contribution in [0.1, 0.15) is 31.7 Å². The summed E-state index contributed by atoms with van der Waals surface area (Å²) in [5.41, 5.74) is 1.43. The van der Waals surface area contributed by atoms with E-state index in [1.54, 1.807) is 12.1 Å². The van der Waals surface area contributed by atoms with E-state index in [0.29, 0.717) is 5.69 Å². The molecule has 0 radical (unpaired) electrons. The number of benzene rings is 1. The normalized spacial score (nSPS) is 13.0. The van der Waals surface area contributed by atoms with Crippen molar-refractivity contribution in [2.75, 3.05) is 5.32 Å². The van der Waals surface area contributed by atoms with E-state index in [0.717, 1.165) is 5.56 Å². The number of pyridine rings is 1. The fourth-order valence-corrected chi connectivity index (χ4v) is 2.33. The molecule has 126 valence electrons. The molecule has 0 aliphatic carbocycles. The lowest BCUT2D eigenvalue weighted by Gasteiger charge is -2.16. The topological polar surface area (TPSA) is 68.3 Å². The molecule has 2 rings (SSSR count). The molecule has 0 bridgehead atoms. The van der Waals surface area contributed by atoms with Gasteiger partial charge in [-0.3, -0.25) is 9.59 Å². The molecule has 0 saturated carbocycles. The van der Waals surface area contributed by atoms with Crippen molar-refractivity contribution >= 4 is 29.2 Å². The van der Waals surface area contributed by atoms with Crippen LogP contribution in [0.3, 0.4) is 0 Å². The van der Waals surface area contributed by atoms with Gasteiger partial charge in [0.1, 0.15) is 0 Å². The highest BCUT2D eigenvalue weighted by Gasteiger charge is 2.20. The van der Waals surface area contributed by atoms with Gasteiger partial charge in [-0.25, -0.2) is 4.98 Å². The fraction of sp³-hybridized carbons (Fsp3) is 0.278. The van der Waals surface area contributed by atoms with Gasteiger partial charge in [-0.1, -0.05) is 48.9 Å². The third kappa shape index (κ3) is 5.06. The van der Waals surface area contributed by atoms with Crippen molar-refractivity contribution in [1.82, 2.24) is 4.98 Å². The first kappa shape index (κ1) is 17.9. The number of hydrogen-bond donors (Lipinski definition) is 1. The minimum absolute atomic E-state index is 0.0155. The molecule has 0 fully saturated rings. The number of anilines is 1. The minimum atomic E-state index is -0.920. The minimum Gasteiger partial charge on any atom is -0.453 e. The van der Waals surface area contributed by atoms with Crippen molar-refractivity contribution in [2.24, 2.45) is 0 Å². The van der Waals surface area contributed by atoms with Gasteiger partial charge < -0.3 is 10.1 Å². The molecular formula is C18H19ClN2O3. The third-order valence-electron chi connectivity index (χ3n) is 3.54. The molecule has 24 heavy (non-hydrogen) atoms. The van der Waals surface area contributed by atoms with Crippen LogP contribution < -0.4 is 5.32 Å². The number of esters is 1. The van der Waals surface area contributed by atoms with E-state index in [-0.39, 0.29) is 17.5 Å². The van der Waals surface area contributed by atoms with Crippen LogP contribution in [0.25, 0.3) is 0 Å². The Morgan fingerprint density at radius 3 is 2.54 bits per heavy atom. The number of halogens is 1. The van der Waals surface area contributed by atoms with Crippen LogP contribution in [0, 0.1) is 0 Å². The number of nitrogens with zero attached hydrogens (tertiary/aromatic N) is 1. The zero-order valence-corrected chi connectivity index (χ0v) is 14.3. The van der Waals surface area contributed by atoms with Gasteiger partial charge in [0.2, 0.25) is 0 Å². The third-order valence-corrected chi connectivity index (χ3v) is 3.84. The van der Waals surface area contributed by atoms with Gasteiger partial charge >= 0.3 is 5.97 Å². The summed E-state index contributed by atoms with van der Waals surface area (Å²) >= 11 is 5.88. The maximum absolute atomic E-state index is 12.1. The molecule has 1 heterocycles. The standard InChI is InChI=1S/C18H19ClN2O3/c1-12(14-7-4-3-5-8-14)11-16(22)24-13(2)18(23)21-15-9-6-10-20-17(15)19/h3-10,12-13H,11H2,1-2H3,(H,21,23)/t12-,13-/m1/s1. The smallest absolute Gasteiger partial charge is 0.307 e. The Morgan fingerprint density at radius 2 is 1.88 bits per heavy atom. The summed E-state index contributed by atoms with van der Waals surface area (Å²) < 4.78 is 5.20. The summed E-state index contributed by atoms with van der Waals surface area (Å²) in [5.74, 6) is -0.862. The van der Waals surface area contributed by atoms with E-state index < -0.39 is 18.0 Å². The lowest BCUT2D eigenvalue weighted by atomic mass is 9.98. The predicted octanol–water partition coefficient (Wildman–Crippen LogP) is 3.80. The summed E-state index contributed by atoms with van der Waals surface area (Å²) in [6.07, 6.45) is 0.804. The Morgan fingerprint density at radius 1 is 1.17 bits per heavy atom. The van der Waals surface area contributed by atoms with Crippen LogP contribution in [0.15, 0.2) is 48.7 Å². The molecule has 0 aliphatic heterocycles. The highest BCUT2D eigenvalue weighted by molar-refractivity contribution is 6.32. The quantitative estimate of drug-likeness (QED) is 0.638. The number of carbonyl (C=O) groups excluding carboxylic acids is 2. The van der Waals surface area contributed by atoms with Crippen molar-refractivity contribution < 1.29 is 14.3 Å². The highest BCUT2D eigenvalue weighted by Crippen LogP contribution is 2.20. The van der Waals surface area contributed by atoms with Crippen molar-refractivity contribution in [1.29, 1.82) is 0 Å². The molecule has 1 aromatic carbocycles. The predicted molar refractivity (Wildman–Crippen MR) is 92.9 cm³/mol. The zero-order chi connectivity index (χ0) is 17.5. The first-order chi connectivity index (χ1) is 11.5. The molecule has 0 aliphatic rings. The van der Waals surface area contributed by atoms with Crippen LogP contribution >= 0.6 is 11.6 Å². The number of amides is 1. The van der Waals surface area contributed by atoms with Crippen LogP contribution in [0.2, 0.25) is 5.15 Å². The maximum Gasteiger partial charge on any atom is 0.307 e. The Hall–Kier alpha value is -2.40. The average molecular weight is 347 g/mol. The van der Waals surface area contributed by atoms with Gasteiger partial charge in [-0.15, -0.1) is 0 Å². The highest BCUT2D eigenvalue weighted by atomic mass is 35.5. The molecule has 2 atom stereocenters. The Bertz CT molecular complexity index is 706. The molecule has 2 aromatic rings. The van der Waals surface area contributed by atoms with Crippen molar-refractivity contribution in [3.05, 3.63) is 59.4 Å². The second-order valence-electron chi connectivity index (χ2n) is 5.48. The zero-order valence-electron chi connectivity index (χ0n) is 13.5. The number of hydrogen-bond acceptors (Lipinski definition) is 4. The number of ether oxygens (including phenoxy) is 1. The molecule has 0 spiro atoms. The first-order valence-electron chi connectivity index (χ1n) is 7.63. The summed E-state index contributed by atoms with van der Waals surface area (Å²) in [6, 6.07) is 13.0. The van der Waals surface area contributed by atoms with Crippen molar-refractivity contribution in [3.8, 4) is 0 Å². The van der Waals surface area contributed by atoms with Gasteiger partial charge in [0.05, 0.1) is 12.1 Å². The van der Waals surface area contributed by atoms with E-state index in [1.807, 2.05) is 37.3 Å². The van der Waals surface area contributed by atoms with Crippen molar-refractivity contribution in [3.63, 3.8) is 0 Å². The fourth-order valence-electron chi connectivity index (χ4n) is 2.16. The molecule has 1 amide bonds. The Kier molecular flexibility index (Phi) is 6.32. The van der Waals surface area contributed by atoms with Crippen LogP contribution in [0.5, 0.6) is 0 Å². The summed E-state index contributed by atoms with van der Waals surface area (Å²) in [7, 11) is 0. The monoisotopic (exact) mass is 346 g/mol. The van der Waals surface area contributed by atoms with E-state index in [1.165, 1.54) is 13.1 Å². The van der Waals surface area contributed by atoms with Gasteiger partial charge in [0.15, 0.2) is 11.3 Å². The summed E-state index contributed by atoms with van der Waals surface area (Å²) in [5, 5.41) is 2.77.